The monoisotopic (exact) mass is 412 g/mol. The molecule has 0 radical (unpaired) electrons. The summed E-state index contributed by atoms with van der Waals surface area (Å²) in [7, 11) is 0. The molecule has 0 bridgehead atoms. The number of amides is 2. The zero-order valence-electron chi connectivity index (χ0n) is 17.1. The van der Waals surface area contributed by atoms with Gasteiger partial charge in [-0.25, -0.2) is 0 Å². The number of aryl methyl sites for hydroxylation is 1. The summed E-state index contributed by atoms with van der Waals surface area (Å²) in [6.45, 7) is 5.55. The molecule has 2 aromatic rings. The van der Waals surface area contributed by atoms with Crippen molar-refractivity contribution in [2.75, 3.05) is 26.2 Å². The lowest BCUT2D eigenvalue weighted by Crippen LogP contribution is -2.47. The Balaban J connectivity index is 1.48. The van der Waals surface area contributed by atoms with Gasteiger partial charge in [0.05, 0.1) is 12.6 Å². The second-order valence-electron chi connectivity index (χ2n) is 8.12. The van der Waals surface area contributed by atoms with Crippen LogP contribution < -0.4 is 4.74 Å². The Morgan fingerprint density at radius 3 is 2.66 bits per heavy atom. The lowest BCUT2D eigenvalue weighted by molar-refractivity contribution is -0.142. The van der Waals surface area contributed by atoms with Gasteiger partial charge in [0.2, 0.25) is 11.8 Å². The van der Waals surface area contributed by atoms with E-state index in [2.05, 4.69) is 11.4 Å². The number of carbonyl (C=O) groups is 2. The molecule has 0 spiro atoms. The van der Waals surface area contributed by atoms with Crippen LogP contribution in [0.25, 0.3) is 0 Å². The first-order valence-corrected chi connectivity index (χ1v) is 11.2. The van der Waals surface area contributed by atoms with Gasteiger partial charge in [-0.3, -0.25) is 9.59 Å². The smallest absolute Gasteiger partial charge is 0.242 e. The molecule has 1 saturated carbocycles. The second-order valence-corrected chi connectivity index (χ2v) is 9.12. The number of thiophene rings is 1. The van der Waals surface area contributed by atoms with E-state index >= 15 is 0 Å². The van der Waals surface area contributed by atoms with Gasteiger partial charge >= 0.3 is 0 Å². The lowest BCUT2D eigenvalue weighted by atomic mass is 10.0. The van der Waals surface area contributed by atoms with Gasteiger partial charge in [0.15, 0.2) is 0 Å². The predicted molar refractivity (Wildman–Crippen MR) is 114 cm³/mol. The molecule has 5 nitrogen and oxygen atoms in total. The first-order valence-electron chi connectivity index (χ1n) is 10.3. The van der Waals surface area contributed by atoms with Crippen molar-refractivity contribution in [3.05, 3.63) is 51.7 Å². The van der Waals surface area contributed by atoms with E-state index in [0.717, 1.165) is 25.0 Å². The third kappa shape index (κ3) is 4.81. The van der Waals surface area contributed by atoms with Gasteiger partial charge in [0.1, 0.15) is 12.4 Å². The molecule has 1 aliphatic carbocycles. The Kier molecular flexibility index (Phi) is 5.90. The molecule has 0 saturated heterocycles. The van der Waals surface area contributed by atoms with Gasteiger partial charge < -0.3 is 14.5 Å². The Hall–Kier alpha value is -2.34. The van der Waals surface area contributed by atoms with Gasteiger partial charge in [0.25, 0.3) is 0 Å². The lowest BCUT2D eigenvalue weighted by Gasteiger charge is -2.37. The minimum atomic E-state index is -0.117. The Bertz CT molecular complexity index is 873. The number of fused-ring (bicyclic) bond motifs is 1. The number of carbonyl (C=O) groups excluding carboxylic acids is 2. The Morgan fingerprint density at radius 1 is 1.21 bits per heavy atom. The highest BCUT2D eigenvalue weighted by Gasteiger charge is 2.34. The molecule has 2 heterocycles. The highest BCUT2D eigenvalue weighted by Crippen LogP contribution is 2.34. The van der Waals surface area contributed by atoms with Crippen molar-refractivity contribution >= 4 is 23.2 Å². The zero-order chi connectivity index (χ0) is 20.4. The summed E-state index contributed by atoms with van der Waals surface area (Å²) in [5.74, 6) is 1.36. The van der Waals surface area contributed by atoms with Crippen LogP contribution in [0.15, 0.2) is 35.7 Å². The van der Waals surface area contributed by atoms with Crippen LogP contribution in [-0.4, -0.2) is 47.9 Å². The molecule has 4 rings (SSSR count). The molecule has 0 unspecified atom stereocenters. The van der Waals surface area contributed by atoms with Crippen LogP contribution >= 0.6 is 11.3 Å². The van der Waals surface area contributed by atoms with Crippen molar-refractivity contribution in [3.63, 3.8) is 0 Å². The van der Waals surface area contributed by atoms with Crippen molar-refractivity contribution in [1.29, 1.82) is 0 Å². The van der Waals surface area contributed by atoms with Crippen LogP contribution in [0.4, 0.5) is 0 Å². The average molecular weight is 413 g/mol. The van der Waals surface area contributed by atoms with E-state index < -0.39 is 0 Å². The second kappa shape index (κ2) is 8.57. The van der Waals surface area contributed by atoms with E-state index in [1.807, 2.05) is 36.1 Å². The summed E-state index contributed by atoms with van der Waals surface area (Å²) >= 11 is 1.74. The van der Waals surface area contributed by atoms with Crippen LogP contribution in [0.2, 0.25) is 0 Å². The summed E-state index contributed by atoms with van der Waals surface area (Å²) < 4.78 is 6.06. The molecule has 1 atom stereocenters. The summed E-state index contributed by atoms with van der Waals surface area (Å²) in [5, 5.41) is 2.09. The normalized spacial score (nSPS) is 18.3. The summed E-state index contributed by atoms with van der Waals surface area (Å²) in [5.41, 5.74) is 2.37. The van der Waals surface area contributed by atoms with Gasteiger partial charge in [-0.2, -0.15) is 0 Å². The maximum absolute atomic E-state index is 13.2. The first-order chi connectivity index (χ1) is 14.0. The van der Waals surface area contributed by atoms with Crippen LogP contribution in [-0.2, 0) is 16.0 Å². The largest absolute Gasteiger partial charge is 0.491 e. The predicted octanol–water partition coefficient (Wildman–Crippen LogP) is 3.82. The maximum atomic E-state index is 13.2. The van der Waals surface area contributed by atoms with Crippen LogP contribution in [0, 0.1) is 12.8 Å². The highest BCUT2D eigenvalue weighted by atomic mass is 32.1. The zero-order valence-corrected chi connectivity index (χ0v) is 17.9. The number of hydrogen-bond donors (Lipinski definition) is 0. The molecule has 1 aromatic heterocycles. The Morgan fingerprint density at radius 2 is 1.97 bits per heavy atom. The summed E-state index contributed by atoms with van der Waals surface area (Å²) in [6.07, 6.45) is 3.18. The van der Waals surface area contributed by atoms with E-state index in [-0.39, 0.29) is 24.4 Å². The van der Waals surface area contributed by atoms with Crippen molar-refractivity contribution in [1.82, 2.24) is 9.80 Å². The minimum absolute atomic E-state index is 0.00945. The fourth-order valence-corrected chi connectivity index (χ4v) is 4.78. The molecule has 2 aliphatic rings. The van der Waals surface area contributed by atoms with Gasteiger partial charge in [0, 0.05) is 24.9 Å². The van der Waals surface area contributed by atoms with Gasteiger partial charge in [-0.05, 0) is 61.2 Å². The standard InChI is InChI=1S/C23H28N2O3S/c1-16-3-7-19(8-4-16)28-15-21-20-10-12-29-22(20)9-11-25(21)23(27)14-24(17(2)26)13-18-5-6-18/h3-4,7-8,10,12,18,21H,5-6,9,11,13-15H2,1-2H3/t21-/m0/s1. The van der Waals surface area contributed by atoms with E-state index in [1.165, 1.54) is 16.0 Å². The van der Waals surface area contributed by atoms with E-state index in [9.17, 15) is 9.59 Å². The topological polar surface area (TPSA) is 49.9 Å². The average Bonchev–Trinajstić information content (AvgIpc) is 3.39. The van der Waals surface area contributed by atoms with Crippen LogP contribution in [0.5, 0.6) is 5.75 Å². The highest BCUT2D eigenvalue weighted by molar-refractivity contribution is 7.10. The van der Waals surface area contributed by atoms with Crippen LogP contribution in [0.3, 0.4) is 0 Å². The molecule has 1 aliphatic heterocycles. The number of nitrogens with zero attached hydrogens (tertiary/aromatic N) is 2. The van der Waals surface area contributed by atoms with Crippen molar-refractivity contribution in [3.8, 4) is 5.75 Å². The SMILES string of the molecule is CC(=O)N(CC(=O)N1CCc2sccc2[C@@H]1COc1ccc(C)cc1)CC1CC1. The van der Waals surface area contributed by atoms with Gasteiger partial charge in [-0.15, -0.1) is 11.3 Å². The first kappa shape index (κ1) is 20.0. The molecular formula is C23H28N2O3S. The van der Waals surface area contributed by atoms with Crippen LogP contribution in [0.1, 0.15) is 41.8 Å². The fourth-order valence-electron chi connectivity index (χ4n) is 3.85. The molecule has 1 fully saturated rings. The number of rotatable bonds is 7. The Labute approximate surface area is 176 Å². The van der Waals surface area contributed by atoms with E-state index in [0.29, 0.717) is 25.6 Å². The molecule has 2 amide bonds. The van der Waals surface area contributed by atoms with E-state index in [1.54, 1.807) is 23.2 Å². The minimum Gasteiger partial charge on any atom is -0.491 e. The van der Waals surface area contributed by atoms with Crippen molar-refractivity contribution in [2.45, 2.75) is 39.2 Å². The van der Waals surface area contributed by atoms with Crippen molar-refractivity contribution < 1.29 is 14.3 Å². The quantitative estimate of drug-likeness (QED) is 0.695. The maximum Gasteiger partial charge on any atom is 0.242 e. The molecule has 154 valence electrons. The molecular weight excluding hydrogens is 384 g/mol. The molecule has 1 aromatic carbocycles. The number of ether oxygens (including phenoxy) is 1. The van der Waals surface area contributed by atoms with E-state index in [4.69, 9.17) is 4.74 Å². The third-order valence-electron chi connectivity index (χ3n) is 5.79. The summed E-state index contributed by atoms with van der Waals surface area (Å²) in [6, 6.07) is 9.97. The molecule has 0 N–H and O–H groups in total. The number of benzene rings is 1. The third-order valence-corrected chi connectivity index (χ3v) is 6.79. The fraction of sp³-hybridized carbons (Fsp3) is 0.478. The molecule has 29 heavy (non-hydrogen) atoms. The van der Waals surface area contributed by atoms with Crippen molar-refractivity contribution in [2.24, 2.45) is 5.92 Å². The molecule has 6 heteroatoms. The number of hydrogen-bond acceptors (Lipinski definition) is 4. The summed E-state index contributed by atoms with van der Waals surface area (Å²) in [4.78, 5) is 30.2. The van der Waals surface area contributed by atoms with Gasteiger partial charge in [-0.1, -0.05) is 17.7 Å².